The van der Waals surface area contributed by atoms with E-state index in [0.29, 0.717) is 24.6 Å². The maximum absolute atomic E-state index is 13.8. The molecule has 4 aromatic rings. The van der Waals surface area contributed by atoms with Gasteiger partial charge in [-0.25, -0.2) is 4.39 Å². The van der Waals surface area contributed by atoms with E-state index in [0.717, 1.165) is 26.5 Å². The van der Waals surface area contributed by atoms with Gasteiger partial charge < -0.3 is 18.9 Å². The zero-order valence-corrected chi connectivity index (χ0v) is 24.2. The number of hydrogen-bond acceptors (Lipinski definition) is 5. The minimum Gasteiger partial charge on any atom is -0.494 e. The van der Waals surface area contributed by atoms with Crippen LogP contribution in [0.25, 0.3) is 17.0 Å². The molecule has 2 heterocycles. The summed E-state index contributed by atoms with van der Waals surface area (Å²) in [7, 11) is 1.29. The highest BCUT2D eigenvalue weighted by Gasteiger charge is 2.40. The van der Waals surface area contributed by atoms with Crippen molar-refractivity contribution in [3.63, 3.8) is 0 Å². The number of methoxy groups -OCH3 is 1. The molecule has 1 amide bonds. The van der Waals surface area contributed by atoms with Crippen LogP contribution >= 0.6 is 28.1 Å². The highest BCUT2D eigenvalue weighted by atomic mass is 79.9. The molecule has 1 fully saturated rings. The number of carbonyl (C=O) groups is 2. The molecule has 204 valence electrons. The summed E-state index contributed by atoms with van der Waals surface area (Å²) in [6, 6.07) is 19.3. The van der Waals surface area contributed by atoms with Crippen molar-refractivity contribution in [2.75, 3.05) is 25.2 Å². The molecule has 40 heavy (non-hydrogen) atoms. The van der Waals surface area contributed by atoms with E-state index in [-0.39, 0.29) is 29.1 Å². The van der Waals surface area contributed by atoms with E-state index in [1.165, 1.54) is 29.0 Å². The Bertz CT molecular complexity index is 1630. The minimum atomic E-state index is -0.531. The third kappa shape index (κ3) is 5.50. The first-order chi connectivity index (χ1) is 19.3. The molecule has 1 aliphatic rings. The molecule has 1 saturated heterocycles. The molecule has 0 bridgehead atoms. The maximum atomic E-state index is 13.8. The minimum absolute atomic E-state index is 0.169. The summed E-state index contributed by atoms with van der Waals surface area (Å²) in [5.41, 5.74) is 3.40. The largest absolute Gasteiger partial charge is 0.494 e. The Kier molecular flexibility index (Phi) is 7.99. The first-order valence-electron chi connectivity index (χ1n) is 12.5. The van der Waals surface area contributed by atoms with Crippen LogP contribution in [0.2, 0.25) is 0 Å². The van der Waals surface area contributed by atoms with Crippen molar-refractivity contribution in [1.29, 1.82) is 0 Å². The fourth-order valence-electron chi connectivity index (χ4n) is 4.59. The standard InChI is InChI=1S/C30H25BrFN3O4S/c1-3-39-24-11-9-23(10-12-24)35-29(37)27(34(30(35)40)18-28(36)38-2)14-20-17-33(16-19-4-7-22(32)8-5-19)26-13-6-21(31)15-25(20)26/h4-15,17H,3,16,18H2,1-2H3/b27-14-. The highest BCUT2D eigenvalue weighted by Crippen LogP contribution is 2.33. The number of hydrogen-bond donors (Lipinski definition) is 0. The molecule has 0 atom stereocenters. The number of thiocarbonyl (C=S) groups is 1. The number of aromatic nitrogens is 1. The quantitative estimate of drug-likeness (QED) is 0.134. The van der Waals surface area contributed by atoms with E-state index < -0.39 is 5.97 Å². The van der Waals surface area contributed by atoms with Crippen LogP contribution in [0.5, 0.6) is 5.75 Å². The van der Waals surface area contributed by atoms with Crippen LogP contribution in [0.1, 0.15) is 18.1 Å². The number of rotatable bonds is 8. The number of benzene rings is 3. The van der Waals surface area contributed by atoms with Crippen LogP contribution in [0, 0.1) is 5.82 Å². The number of halogens is 2. The lowest BCUT2D eigenvalue weighted by Crippen LogP contribution is -2.35. The number of anilines is 1. The van der Waals surface area contributed by atoms with Gasteiger partial charge in [-0.3, -0.25) is 14.5 Å². The van der Waals surface area contributed by atoms with Gasteiger partial charge in [-0.2, -0.15) is 0 Å². The SMILES string of the molecule is CCOc1ccc(N2C(=O)/C(=C/c3cn(Cc4ccc(F)cc4)c4ccc(Br)cc34)N(CC(=O)OC)C2=S)cc1. The second-order valence-corrected chi connectivity index (χ2v) is 10.3. The smallest absolute Gasteiger partial charge is 0.325 e. The summed E-state index contributed by atoms with van der Waals surface area (Å²) in [5, 5.41) is 1.06. The average molecular weight is 623 g/mol. The van der Waals surface area contributed by atoms with Gasteiger partial charge in [0.15, 0.2) is 5.11 Å². The number of carbonyl (C=O) groups excluding carboxylic acids is 2. The highest BCUT2D eigenvalue weighted by molar-refractivity contribution is 9.10. The second kappa shape index (κ2) is 11.6. The fraction of sp³-hybridized carbons (Fsp3) is 0.167. The van der Waals surface area contributed by atoms with Crippen LogP contribution < -0.4 is 9.64 Å². The summed E-state index contributed by atoms with van der Waals surface area (Å²) < 4.78 is 26.8. The Morgan fingerprint density at radius 2 is 1.80 bits per heavy atom. The Morgan fingerprint density at radius 1 is 1.07 bits per heavy atom. The molecule has 5 rings (SSSR count). The third-order valence-electron chi connectivity index (χ3n) is 6.49. The van der Waals surface area contributed by atoms with E-state index in [1.54, 1.807) is 42.5 Å². The van der Waals surface area contributed by atoms with E-state index >= 15 is 0 Å². The van der Waals surface area contributed by atoms with Gasteiger partial charge >= 0.3 is 5.97 Å². The van der Waals surface area contributed by atoms with Gasteiger partial charge in [0.1, 0.15) is 23.8 Å². The van der Waals surface area contributed by atoms with Crippen LogP contribution in [0.4, 0.5) is 10.1 Å². The van der Waals surface area contributed by atoms with Crippen molar-refractivity contribution in [3.05, 3.63) is 100 Å². The topological polar surface area (TPSA) is 64.0 Å². The number of nitrogens with zero attached hydrogens (tertiary/aromatic N) is 3. The van der Waals surface area contributed by atoms with Crippen molar-refractivity contribution in [2.24, 2.45) is 0 Å². The van der Waals surface area contributed by atoms with Crippen molar-refractivity contribution >= 4 is 67.8 Å². The van der Waals surface area contributed by atoms with Gasteiger partial charge in [-0.15, -0.1) is 0 Å². The van der Waals surface area contributed by atoms with Crippen LogP contribution in [0.15, 0.2) is 83.1 Å². The zero-order chi connectivity index (χ0) is 28.4. The maximum Gasteiger partial charge on any atom is 0.325 e. The van der Waals surface area contributed by atoms with E-state index in [2.05, 4.69) is 15.9 Å². The van der Waals surface area contributed by atoms with Gasteiger partial charge in [0.05, 0.1) is 19.4 Å². The van der Waals surface area contributed by atoms with Gasteiger partial charge in [0.2, 0.25) is 0 Å². The fourth-order valence-corrected chi connectivity index (χ4v) is 5.30. The Hall–Kier alpha value is -4.02. The molecule has 3 aromatic carbocycles. The zero-order valence-electron chi connectivity index (χ0n) is 21.8. The molecule has 0 unspecified atom stereocenters. The molecule has 7 nitrogen and oxygen atoms in total. The molecule has 10 heteroatoms. The molecule has 1 aliphatic heterocycles. The first kappa shape index (κ1) is 27.5. The van der Waals surface area contributed by atoms with Gasteiger partial charge in [-0.1, -0.05) is 28.1 Å². The average Bonchev–Trinajstić information content (AvgIpc) is 3.39. The molecular formula is C30H25BrFN3O4S. The van der Waals surface area contributed by atoms with Gasteiger partial charge in [0, 0.05) is 33.7 Å². The van der Waals surface area contributed by atoms with E-state index in [1.807, 2.05) is 35.9 Å². The first-order valence-corrected chi connectivity index (χ1v) is 13.7. The number of ether oxygens (including phenoxy) is 2. The van der Waals surface area contributed by atoms with Crippen LogP contribution in [0.3, 0.4) is 0 Å². The van der Waals surface area contributed by atoms with Gasteiger partial charge in [-0.05, 0) is 85.4 Å². The molecule has 0 aliphatic carbocycles. The predicted molar refractivity (Wildman–Crippen MR) is 160 cm³/mol. The Morgan fingerprint density at radius 3 is 2.48 bits per heavy atom. The number of amides is 1. The predicted octanol–water partition coefficient (Wildman–Crippen LogP) is 6.14. The van der Waals surface area contributed by atoms with Crippen LogP contribution in [-0.2, 0) is 20.9 Å². The molecule has 0 saturated carbocycles. The number of fused-ring (bicyclic) bond motifs is 1. The second-order valence-electron chi connectivity index (χ2n) is 9.04. The lowest BCUT2D eigenvalue weighted by atomic mass is 10.1. The number of esters is 1. The van der Waals surface area contributed by atoms with Gasteiger partial charge in [0.25, 0.3) is 5.91 Å². The van der Waals surface area contributed by atoms with E-state index in [4.69, 9.17) is 21.7 Å². The van der Waals surface area contributed by atoms with Crippen molar-refractivity contribution in [1.82, 2.24) is 9.47 Å². The summed E-state index contributed by atoms with van der Waals surface area (Å²) in [5.74, 6) is -0.525. The summed E-state index contributed by atoms with van der Waals surface area (Å²) in [4.78, 5) is 29.1. The molecular weight excluding hydrogens is 597 g/mol. The van der Waals surface area contributed by atoms with Crippen molar-refractivity contribution in [3.8, 4) is 5.75 Å². The third-order valence-corrected chi connectivity index (χ3v) is 7.38. The summed E-state index contributed by atoms with van der Waals surface area (Å²) in [6.45, 7) is 2.69. The summed E-state index contributed by atoms with van der Waals surface area (Å²) >= 11 is 9.24. The Labute approximate surface area is 244 Å². The monoisotopic (exact) mass is 621 g/mol. The molecule has 0 radical (unpaired) electrons. The Balaban J connectivity index is 1.59. The molecule has 1 aromatic heterocycles. The van der Waals surface area contributed by atoms with Crippen molar-refractivity contribution in [2.45, 2.75) is 13.5 Å². The van der Waals surface area contributed by atoms with Crippen LogP contribution in [-0.4, -0.2) is 46.7 Å². The lowest BCUT2D eigenvalue weighted by Gasteiger charge is -2.19. The van der Waals surface area contributed by atoms with Crippen molar-refractivity contribution < 1.29 is 23.5 Å². The summed E-state index contributed by atoms with van der Waals surface area (Å²) in [6.07, 6.45) is 3.67. The molecule has 0 N–H and O–H groups in total. The lowest BCUT2D eigenvalue weighted by molar-refractivity contribution is -0.140. The van der Waals surface area contributed by atoms with E-state index in [9.17, 15) is 14.0 Å². The molecule has 0 spiro atoms. The normalized spacial score (nSPS) is 14.4.